The third kappa shape index (κ3) is 5.42. The first-order valence-corrected chi connectivity index (χ1v) is 7.06. The van der Waals surface area contributed by atoms with Crippen molar-refractivity contribution in [3.8, 4) is 0 Å². The molecule has 88 valence electrons. The summed E-state index contributed by atoms with van der Waals surface area (Å²) in [5.74, 6) is 1.71. The number of ether oxygens (including phenoxy) is 1. The molecular weight excluding hydrogens is 210 g/mol. The van der Waals surface area contributed by atoms with E-state index in [2.05, 4.69) is 11.6 Å². The summed E-state index contributed by atoms with van der Waals surface area (Å²) in [5.41, 5.74) is 0. The van der Waals surface area contributed by atoms with Crippen LogP contribution >= 0.6 is 11.8 Å². The van der Waals surface area contributed by atoms with Crippen molar-refractivity contribution in [1.29, 1.82) is 0 Å². The van der Waals surface area contributed by atoms with Gasteiger partial charge in [-0.2, -0.15) is 11.8 Å². The van der Waals surface area contributed by atoms with Gasteiger partial charge in [-0.05, 0) is 50.7 Å². The fourth-order valence-corrected chi connectivity index (χ4v) is 1.88. The summed E-state index contributed by atoms with van der Waals surface area (Å²) in [6.45, 7) is 3.29. The number of rotatable bonds is 8. The first kappa shape index (κ1) is 12.8. The van der Waals surface area contributed by atoms with E-state index in [1.54, 1.807) is 11.8 Å². The van der Waals surface area contributed by atoms with Gasteiger partial charge in [0.05, 0.1) is 6.61 Å². The van der Waals surface area contributed by atoms with Crippen LogP contribution in [0, 0.1) is 5.92 Å². The minimum Gasteiger partial charge on any atom is -0.465 e. The lowest BCUT2D eigenvalue weighted by atomic mass is 10.2. The van der Waals surface area contributed by atoms with Crippen LogP contribution in [0.4, 0.5) is 0 Å². The van der Waals surface area contributed by atoms with E-state index in [-0.39, 0.29) is 12.0 Å². The number of carbonyl (C=O) groups excluding carboxylic acids is 1. The van der Waals surface area contributed by atoms with Gasteiger partial charge in [0.15, 0.2) is 0 Å². The van der Waals surface area contributed by atoms with Gasteiger partial charge >= 0.3 is 5.97 Å². The second-order valence-electron chi connectivity index (χ2n) is 3.94. The number of esters is 1. The zero-order chi connectivity index (χ0) is 11.1. The molecule has 1 N–H and O–H groups in total. The molecule has 1 atom stereocenters. The lowest BCUT2D eigenvalue weighted by Gasteiger charge is -2.16. The SMILES string of the molecule is CCOC(=O)C(CCSC)NCC1CC1. The quantitative estimate of drug-likeness (QED) is 0.645. The van der Waals surface area contributed by atoms with Crippen molar-refractivity contribution >= 4 is 17.7 Å². The first-order chi connectivity index (χ1) is 7.27. The second-order valence-corrected chi connectivity index (χ2v) is 4.92. The van der Waals surface area contributed by atoms with Crippen molar-refractivity contribution in [2.75, 3.05) is 25.2 Å². The molecule has 0 aromatic carbocycles. The van der Waals surface area contributed by atoms with Crippen molar-refractivity contribution in [1.82, 2.24) is 5.32 Å². The molecule has 0 bridgehead atoms. The van der Waals surface area contributed by atoms with Gasteiger partial charge in [-0.25, -0.2) is 0 Å². The van der Waals surface area contributed by atoms with Gasteiger partial charge < -0.3 is 10.1 Å². The molecule has 1 fully saturated rings. The fraction of sp³-hybridized carbons (Fsp3) is 0.909. The Bertz CT molecular complexity index is 195. The second kappa shape index (κ2) is 7.12. The predicted octanol–water partition coefficient (Wildman–Crippen LogP) is 1.67. The van der Waals surface area contributed by atoms with Gasteiger partial charge in [-0.1, -0.05) is 0 Å². The van der Waals surface area contributed by atoms with Crippen LogP contribution in [0.25, 0.3) is 0 Å². The Morgan fingerprint density at radius 1 is 1.60 bits per heavy atom. The molecule has 0 radical (unpaired) electrons. The molecule has 0 saturated heterocycles. The van der Waals surface area contributed by atoms with Gasteiger partial charge in [0, 0.05) is 0 Å². The first-order valence-electron chi connectivity index (χ1n) is 5.66. The van der Waals surface area contributed by atoms with Gasteiger partial charge in [-0.15, -0.1) is 0 Å². The van der Waals surface area contributed by atoms with Gasteiger partial charge in [0.1, 0.15) is 6.04 Å². The van der Waals surface area contributed by atoms with Crippen LogP contribution in [-0.4, -0.2) is 37.2 Å². The van der Waals surface area contributed by atoms with Crippen molar-refractivity contribution in [2.24, 2.45) is 5.92 Å². The standard InChI is InChI=1S/C11H21NO2S/c1-3-14-11(13)10(6-7-15-2)12-8-9-4-5-9/h9-10,12H,3-8H2,1-2H3. The molecule has 1 aliphatic rings. The van der Waals surface area contributed by atoms with Gasteiger partial charge in [0.2, 0.25) is 0 Å². The highest BCUT2D eigenvalue weighted by molar-refractivity contribution is 7.98. The highest BCUT2D eigenvalue weighted by Crippen LogP contribution is 2.27. The largest absolute Gasteiger partial charge is 0.465 e. The van der Waals surface area contributed by atoms with E-state index >= 15 is 0 Å². The molecule has 1 saturated carbocycles. The lowest BCUT2D eigenvalue weighted by Crippen LogP contribution is -2.39. The molecule has 1 rings (SSSR count). The van der Waals surface area contributed by atoms with Gasteiger partial charge in [-0.3, -0.25) is 4.79 Å². The van der Waals surface area contributed by atoms with Crippen LogP contribution in [0.5, 0.6) is 0 Å². The molecule has 0 aromatic heterocycles. The Morgan fingerprint density at radius 2 is 2.33 bits per heavy atom. The smallest absolute Gasteiger partial charge is 0.323 e. The summed E-state index contributed by atoms with van der Waals surface area (Å²) >= 11 is 1.77. The molecule has 4 heteroatoms. The van der Waals surface area contributed by atoms with E-state index in [0.717, 1.165) is 24.6 Å². The number of thioether (sulfide) groups is 1. The maximum absolute atomic E-state index is 11.6. The Labute approximate surface area is 96.3 Å². The average Bonchev–Trinajstić information content (AvgIpc) is 3.02. The number of hydrogen-bond acceptors (Lipinski definition) is 4. The number of hydrogen-bond donors (Lipinski definition) is 1. The van der Waals surface area contributed by atoms with Crippen LogP contribution < -0.4 is 5.32 Å². The fourth-order valence-electron chi connectivity index (χ4n) is 1.41. The van der Waals surface area contributed by atoms with E-state index in [9.17, 15) is 4.79 Å². The Hall–Kier alpha value is -0.220. The van der Waals surface area contributed by atoms with Crippen LogP contribution in [-0.2, 0) is 9.53 Å². The van der Waals surface area contributed by atoms with E-state index < -0.39 is 0 Å². The molecule has 3 nitrogen and oxygen atoms in total. The molecule has 0 aromatic rings. The minimum absolute atomic E-state index is 0.0906. The van der Waals surface area contributed by atoms with Crippen LogP contribution in [0.2, 0.25) is 0 Å². The lowest BCUT2D eigenvalue weighted by molar-refractivity contribution is -0.145. The summed E-state index contributed by atoms with van der Waals surface area (Å²) in [6, 6.07) is -0.0991. The molecule has 0 spiro atoms. The third-order valence-electron chi connectivity index (χ3n) is 2.53. The van der Waals surface area contributed by atoms with Crippen LogP contribution in [0.3, 0.4) is 0 Å². The van der Waals surface area contributed by atoms with Gasteiger partial charge in [0.25, 0.3) is 0 Å². The molecule has 1 aliphatic carbocycles. The third-order valence-corrected chi connectivity index (χ3v) is 3.18. The van der Waals surface area contributed by atoms with Crippen molar-refractivity contribution in [2.45, 2.75) is 32.2 Å². The van der Waals surface area contributed by atoms with Crippen LogP contribution in [0.1, 0.15) is 26.2 Å². The van der Waals surface area contributed by atoms with Crippen molar-refractivity contribution < 1.29 is 9.53 Å². The normalized spacial score (nSPS) is 17.5. The van der Waals surface area contributed by atoms with Crippen molar-refractivity contribution in [3.05, 3.63) is 0 Å². The molecular formula is C11H21NO2S. The van der Waals surface area contributed by atoms with Crippen LogP contribution in [0.15, 0.2) is 0 Å². The molecule has 0 heterocycles. The zero-order valence-corrected chi connectivity index (χ0v) is 10.4. The summed E-state index contributed by atoms with van der Waals surface area (Å²) in [4.78, 5) is 11.6. The van der Waals surface area contributed by atoms with E-state index in [4.69, 9.17) is 4.74 Å². The Kier molecular flexibility index (Phi) is 6.10. The molecule has 1 unspecified atom stereocenters. The molecule has 0 amide bonds. The number of nitrogens with one attached hydrogen (secondary N) is 1. The highest BCUT2D eigenvalue weighted by Gasteiger charge is 2.25. The summed E-state index contributed by atoms with van der Waals surface area (Å²) in [5, 5.41) is 3.31. The predicted molar refractivity (Wildman–Crippen MR) is 64.1 cm³/mol. The maximum Gasteiger partial charge on any atom is 0.323 e. The maximum atomic E-state index is 11.6. The number of carbonyl (C=O) groups is 1. The average molecular weight is 231 g/mol. The summed E-state index contributed by atoms with van der Waals surface area (Å²) in [7, 11) is 0. The Balaban J connectivity index is 2.25. The minimum atomic E-state index is -0.0991. The molecule has 0 aliphatic heterocycles. The molecule has 15 heavy (non-hydrogen) atoms. The van der Waals surface area contributed by atoms with Crippen molar-refractivity contribution in [3.63, 3.8) is 0 Å². The Morgan fingerprint density at radius 3 is 2.87 bits per heavy atom. The van der Waals surface area contributed by atoms with E-state index in [1.807, 2.05) is 6.92 Å². The summed E-state index contributed by atoms with van der Waals surface area (Å²) < 4.78 is 5.04. The monoisotopic (exact) mass is 231 g/mol. The topological polar surface area (TPSA) is 38.3 Å². The highest BCUT2D eigenvalue weighted by atomic mass is 32.2. The summed E-state index contributed by atoms with van der Waals surface area (Å²) in [6.07, 6.45) is 5.55. The van der Waals surface area contributed by atoms with E-state index in [1.165, 1.54) is 12.8 Å². The van der Waals surface area contributed by atoms with E-state index in [0.29, 0.717) is 6.61 Å². The zero-order valence-electron chi connectivity index (χ0n) is 9.62.